The van der Waals surface area contributed by atoms with Crippen LogP contribution in [0.1, 0.15) is 41.4 Å². The van der Waals surface area contributed by atoms with Crippen molar-refractivity contribution in [3.63, 3.8) is 0 Å². The molecule has 1 fully saturated rings. The molecule has 33 heavy (non-hydrogen) atoms. The Labute approximate surface area is 201 Å². The van der Waals surface area contributed by atoms with Gasteiger partial charge in [0, 0.05) is 17.3 Å². The molecule has 1 saturated heterocycles. The van der Waals surface area contributed by atoms with Crippen LogP contribution in [0.25, 0.3) is 10.2 Å². The zero-order valence-electron chi connectivity index (χ0n) is 18.3. The van der Waals surface area contributed by atoms with Gasteiger partial charge in [-0.15, -0.1) is 11.3 Å². The standard InChI is InChI=1S/C23H25ClN2O5S2/c1-23(2)30-10-15(31-23)11-33(28,29)12-17-16-6-4-3-5-13(16)7-18(17)25-21(27)19-8-14-9-20(24)32-22(14)26-19/h3-6,8-9,15,17-18,26H,7,10-12H2,1-2H3,(H,25,27)/t15-,17+,18+/m0/s1. The first-order chi connectivity index (χ1) is 15.6. The molecule has 3 atom stereocenters. The highest BCUT2D eigenvalue weighted by Crippen LogP contribution is 2.36. The molecule has 0 radical (unpaired) electrons. The topological polar surface area (TPSA) is 97.5 Å². The van der Waals surface area contributed by atoms with Crippen molar-refractivity contribution < 1.29 is 22.7 Å². The Balaban J connectivity index is 1.34. The lowest BCUT2D eigenvalue weighted by molar-refractivity contribution is -0.135. The fourth-order valence-electron chi connectivity index (χ4n) is 4.77. The molecule has 1 aliphatic carbocycles. The number of benzene rings is 1. The lowest BCUT2D eigenvalue weighted by atomic mass is 10.0. The maximum absolute atomic E-state index is 13.1. The molecule has 1 aromatic carbocycles. The molecule has 0 spiro atoms. The summed E-state index contributed by atoms with van der Waals surface area (Å²) in [6.45, 7) is 3.80. The van der Waals surface area contributed by atoms with Crippen LogP contribution in [-0.2, 0) is 25.7 Å². The van der Waals surface area contributed by atoms with Crippen molar-refractivity contribution in [2.75, 3.05) is 18.1 Å². The number of H-pyrrole nitrogens is 1. The van der Waals surface area contributed by atoms with Crippen LogP contribution >= 0.6 is 22.9 Å². The van der Waals surface area contributed by atoms with E-state index >= 15 is 0 Å². The average Bonchev–Trinajstić information content (AvgIpc) is 3.44. The quantitative estimate of drug-likeness (QED) is 0.526. The molecule has 10 heteroatoms. The predicted octanol–water partition coefficient (Wildman–Crippen LogP) is 3.89. The second-order valence-corrected chi connectivity index (χ2v) is 13.0. The average molecular weight is 509 g/mol. The number of hydrogen-bond acceptors (Lipinski definition) is 6. The zero-order chi connectivity index (χ0) is 23.4. The molecule has 1 aliphatic heterocycles. The lowest BCUT2D eigenvalue weighted by Gasteiger charge is -2.23. The maximum Gasteiger partial charge on any atom is 0.268 e. The molecule has 1 amide bonds. The Hall–Kier alpha value is -1.91. The molecule has 7 nitrogen and oxygen atoms in total. The summed E-state index contributed by atoms with van der Waals surface area (Å²) in [4.78, 5) is 16.9. The minimum Gasteiger partial charge on any atom is -0.348 e. The van der Waals surface area contributed by atoms with Gasteiger partial charge >= 0.3 is 0 Å². The van der Waals surface area contributed by atoms with Gasteiger partial charge in [-0.1, -0.05) is 35.9 Å². The molecule has 2 aliphatic rings. The second kappa shape index (κ2) is 8.39. The molecule has 0 unspecified atom stereocenters. The third-order valence-corrected chi connectivity index (χ3v) is 9.10. The Morgan fingerprint density at radius 1 is 1.27 bits per heavy atom. The van der Waals surface area contributed by atoms with Crippen molar-refractivity contribution in [3.8, 4) is 0 Å². The molecular weight excluding hydrogens is 484 g/mol. The fraction of sp³-hybridized carbons (Fsp3) is 0.435. The number of sulfone groups is 1. The Morgan fingerprint density at radius 2 is 2.06 bits per heavy atom. The van der Waals surface area contributed by atoms with Crippen molar-refractivity contribution >= 4 is 48.9 Å². The van der Waals surface area contributed by atoms with Gasteiger partial charge in [-0.3, -0.25) is 4.79 Å². The molecule has 0 bridgehead atoms. The van der Waals surface area contributed by atoms with Crippen LogP contribution in [0.3, 0.4) is 0 Å². The third-order valence-electron chi connectivity index (χ3n) is 6.16. The number of fused-ring (bicyclic) bond motifs is 2. The number of ether oxygens (including phenoxy) is 2. The van der Waals surface area contributed by atoms with E-state index in [9.17, 15) is 13.2 Å². The third kappa shape index (κ3) is 4.83. The summed E-state index contributed by atoms with van der Waals surface area (Å²) in [6, 6.07) is 11.0. The molecule has 0 saturated carbocycles. The highest BCUT2D eigenvalue weighted by molar-refractivity contribution is 7.91. The van der Waals surface area contributed by atoms with E-state index in [-0.39, 0.29) is 36.0 Å². The fourth-order valence-corrected chi connectivity index (χ4v) is 7.72. The summed E-state index contributed by atoms with van der Waals surface area (Å²) in [5.74, 6) is -1.54. The summed E-state index contributed by atoms with van der Waals surface area (Å²) in [5, 5.41) is 3.95. The van der Waals surface area contributed by atoms with E-state index in [1.807, 2.05) is 30.3 Å². The van der Waals surface area contributed by atoms with Crippen LogP contribution in [0.5, 0.6) is 0 Å². The van der Waals surface area contributed by atoms with E-state index in [1.54, 1.807) is 19.9 Å². The lowest BCUT2D eigenvalue weighted by Crippen LogP contribution is -2.41. The smallest absolute Gasteiger partial charge is 0.268 e. The van der Waals surface area contributed by atoms with E-state index in [2.05, 4.69) is 10.3 Å². The Kier molecular flexibility index (Phi) is 5.81. The van der Waals surface area contributed by atoms with Crippen molar-refractivity contribution in [1.29, 1.82) is 0 Å². The number of rotatable bonds is 6. The van der Waals surface area contributed by atoms with Crippen molar-refractivity contribution in [1.82, 2.24) is 10.3 Å². The summed E-state index contributed by atoms with van der Waals surface area (Å²) >= 11 is 7.40. The number of aromatic amines is 1. The highest BCUT2D eigenvalue weighted by atomic mass is 35.5. The van der Waals surface area contributed by atoms with Crippen LogP contribution in [-0.4, -0.2) is 55.4 Å². The van der Waals surface area contributed by atoms with Gasteiger partial charge in [0.1, 0.15) is 10.5 Å². The molecular formula is C23H25ClN2O5S2. The van der Waals surface area contributed by atoms with Gasteiger partial charge in [-0.2, -0.15) is 0 Å². The zero-order valence-corrected chi connectivity index (χ0v) is 20.6. The van der Waals surface area contributed by atoms with E-state index in [0.717, 1.165) is 21.3 Å². The summed E-state index contributed by atoms with van der Waals surface area (Å²) in [7, 11) is -3.47. The van der Waals surface area contributed by atoms with Crippen molar-refractivity contribution in [3.05, 3.63) is 57.6 Å². The summed E-state index contributed by atoms with van der Waals surface area (Å²) < 4.78 is 38.1. The Morgan fingerprint density at radius 3 is 2.79 bits per heavy atom. The van der Waals surface area contributed by atoms with Crippen LogP contribution in [0.2, 0.25) is 4.34 Å². The van der Waals surface area contributed by atoms with Gasteiger partial charge in [0.05, 0.1) is 28.6 Å². The van der Waals surface area contributed by atoms with Crippen molar-refractivity contribution in [2.24, 2.45) is 0 Å². The molecule has 3 aromatic rings. The predicted molar refractivity (Wildman–Crippen MR) is 129 cm³/mol. The maximum atomic E-state index is 13.1. The highest BCUT2D eigenvalue weighted by Gasteiger charge is 2.40. The van der Waals surface area contributed by atoms with E-state index in [4.69, 9.17) is 21.1 Å². The Bertz CT molecular complexity index is 1280. The first-order valence-electron chi connectivity index (χ1n) is 10.8. The SMILES string of the molecule is CC1(C)OC[C@@H](CS(=O)(=O)C[C@@H]2c3ccccc3C[C@H]2NC(=O)c2cc3cc(Cl)sc3[nH]2)O1. The number of aromatic nitrogens is 1. The number of nitrogens with one attached hydrogen (secondary N) is 2. The minimum absolute atomic E-state index is 0.0648. The van der Waals surface area contributed by atoms with Crippen LogP contribution < -0.4 is 5.32 Å². The number of carbonyl (C=O) groups is 1. The molecule has 5 rings (SSSR count). The van der Waals surface area contributed by atoms with Crippen LogP contribution in [0, 0.1) is 0 Å². The van der Waals surface area contributed by atoms with Crippen LogP contribution in [0.4, 0.5) is 0 Å². The van der Waals surface area contributed by atoms with Gasteiger partial charge in [0.2, 0.25) is 0 Å². The van der Waals surface area contributed by atoms with Gasteiger partial charge in [0.15, 0.2) is 15.6 Å². The van der Waals surface area contributed by atoms with Gasteiger partial charge in [-0.25, -0.2) is 8.42 Å². The van der Waals surface area contributed by atoms with Crippen molar-refractivity contribution in [2.45, 2.75) is 44.1 Å². The monoisotopic (exact) mass is 508 g/mol. The summed E-state index contributed by atoms with van der Waals surface area (Å²) in [6.07, 6.45) is 0.0902. The minimum atomic E-state index is -3.47. The van der Waals surface area contributed by atoms with E-state index < -0.39 is 21.7 Å². The van der Waals surface area contributed by atoms with Gasteiger partial charge in [-0.05, 0) is 43.5 Å². The first kappa shape index (κ1) is 22.9. The van der Waals surface area contributed by atoms with Gasteiger partial charge in [0.25, 0.3) is 5.91 Å². The number of thiophene rings is 1. The number of hydrogen-bond donors (Lipinski definition) is 2. The van der Waals surface area contributed by atoms with E-state index in [1.165, 1.54) is 11.3 Å². The molecule has 3 heterocycles. The number of amides is 1. The van der Waals surface area contributed by atoms with E-state index in [0.29, 0.717) is 16.5 Å². The molecule has 2 aromatic heterocycles. The first-order valence-corrected chi connectivity index (χ1v) is 13.8. The summed E-state index contributed by atoms with van der Waals surface area (Å²) in [5.41, 5.74) is 2.46. The number of halogens is 1. The normalized spacial score (nSPS) is 24.3. The van der Waals surface area contributed by atoms with Gasteiger partial charge < -0.3 is 19.8 Å². The van der Waals surface area contributed by atoms with Crippen LogP contribution in [0.15, 0.2) is 36.4 Å². The largest absolute Gasteiger partial charge is 0.348 e. The molecule has 2 N–H and O–H groups in total. The molecule has 176 valence electrons. The second-order valence-electron chi connectivity index (χ2n) is 9.13. The number of carbonyl (C=O) groups excluding carboxylic acids is 1.